The molecule has 0 aromatic rings. The van der Waals surface area contributed by atoms with E-state index in [0.29, 0.717) is 12.8 Å². The van der Waals surface area contributed by atoms with Crippen LogP contribution in [0.4, 0.5) is 0 Å². The fourth-order valence-corrected chi connectivity index (χ4v) is 4.00. The van der Waals surface area contributed by atoms with Crippen LogP contribution >= 0.6 is 46.8 Å². The first-order valence-electron chi connectivity index (χ1n) is 13.1. The molecule has 0 aliphatic heterocycles. The molecule has 0 heterocycles. The lowest BCUT2D eigenvalue weighted by Gasteiger charge is -2.29. The molecule has 0 saturated heterocycles. The first-order valence-corrected chi connectivity index (χ1v) is 15.0. The predicted molar refractivity (Wildman–Crippen MR) is 163 cm³/mol. The van der Waals surface area contributed by atoms with Gasteiger partial charge in [-0.2, -0.15) is 0 Å². The molecule has 0 rings (SSSR count). The highest BCUT2D eigenvalue weighted by Gasteiger charge is 2.31. The van der Waals surface area contributed by atoms with E-state index in [-0.39, 0.29) is 42.2 Å². The Kier molecular flexibility index (Phi) is 18.2. The van der Waals surface area contributed by atoms with Crippen LogP contribution < -0.4 is 15.4 Å². The van der Waals surface area contributed by atoms with Crippen LogP contribution in [0, 0.1) is 11.8 Å². The molecular weight excluding hydrogens is 601 g/mol. The van der Waals surface area contributed by atoms with Crippen molar-refractivity contribution >= 4 is 70.5 Å². The van der Waals surface area contributed by atoms with Crippen molar-refractivity contribution in [1.29, 1.82) is 0 Å². The maximum atomic E-state index is 13.3. The highest BCUT2D eigenvalue weighted by molar-refractivity contribution is 7.98. The minimum Gasteiger partial charge on any atom is -0.461 e. The molecule has 0 saturated carbocycles. The number of esters is 2. The molecule has 2 amide bonds. The molecule has 0 fully saturated rings. The predicted octanol–water partition coefficient (Wildman–Crippen LogP) is 5.04. The number of amides is 2. The van der Waals surface area contributed by atoms with E-state index in [1.165, 1.54) is 24.9 Å². The molecule has 13 heteroatoms. The van der Waals surface area contributed by atoms with Gasteiger partial charge in [-0.1, -0.05) is 92.3 Å². The van der Waals surface area contributed by atoms with Crippen LogP contribution in [0.2, 0.25) is 0 Å². The molecule has 0 aromatic heterocycles. The number of ether oxygens (including phenoxy) is 2. The van der Waals surface area contributed by atoms with Crippen LogP contribution in [0.5, 0.6) is 0 Å². The van der Waals surface area contributed by atoms with Crippen LogP contribution in [0.25, 0.3) is 0 Å². The monoisotopic (exact) mass is 643 g/mol. The highest BCUT2D eigenvalue weighted by Crippen LogP contribution is 2.26. The SMILES string of the molecule is C=CCOC(=O)[C@@H](C)NC(=O)[C@H](NC(=O)[C@@H](C)[C@@H](C/C=C\CCC(=O)OCC(Cl)(Cl)Cl)NSC(C)(C)C)C(C)C. The molecule has 0 unspecified atom stereocenters. The van der Waals surface area contributed by atoms with E-state index >= 15 is 0 Å². The van der Waals surface area contributed by atoms with Crippen molar-refractivity contribution in [3.8, 4) is 0 Å². The number of nitrogens with one attached hydrogen (secondary N) is 3. The summed E-state index contributed by atoms with van der Waals surface area (Å²) in [5, 5.41) is 5.45. The topological polar surface area (TPSA) is 123 Å². The van der Waals surface area contributed by atoms with Gasteiger partial charge in [0, 0.05) is 17.2 Å². The van der Waals surface area contributed by atoms with Crippen LogP contribution in [-0.4, -0.2) is 63.6 Å². The van der Waals surface area contributed by atoms with E-state index in [2.05, 4.69) is 21.9 Å². The molecule has 3 N–H and O–H groups in total. The molecule has 40 heavy (non-hydrogen) atoms. The second-order valence-electron chi connectivity index (χ2n) is 10.6. The Balaban J connectivity index is 5.26. The summed E-state index contributed by atoms with van der Waals surface area (Å²) in [6.07, 6.45) is 6.18. The maximum absolute atomic E-state index is 13.3. The lowest BCUT2D eigenvalue weighted by molar-refractivity contribution is -0.146. The minimum absolute atomic E-state index is 0.0388. The van der Waals surface area contributed by atoms with Crippen molar-refractivity contribution in [2.75, 3.05) is 13.2 Å². The van der Waals surface area contributed by atoms with Gasteiger partial charge >= 0.3 is 11.9 Å². The Morgan fingerprint density at radius 2 is 1.57 bits per heavy atom. The van der Waals surface area contributed by atoms with Crippen molar-refractivity contribution in [2.24, 2.45) is 11.8 Å². The van der Waals surface area contributed by atoms with E-state index in [0.717, 1.165) is 0 Å². The number of carbonyl (C=O) groups excluding carboxylic acids is 4. The smallest absolute Gasteiger partial charge is 0.328 e. The molecule has 0 aliphatic rings. The van der Waals surface area contributed by atoms with E-state index in [9.17, 15) is 19.2 Å². The quantitative estimate of drug-likeness (QED) is 0.0871. The second-order valence-corrected chi connectivity index (χ2v) is 14.8. The van der Waals surface area contributed by atoms with Gasteiger partial charge in [-0.15, -0.1) is 0 Å². The maximum Gasteiger partial charge on any atom is 0.328 e. The lowest BCUT2D eigenvalue weighted by atomic mass is 9.96. The highest BCUT2D eigenvalue weighted by atomic mass is 35.6. The zero-order chi connectivity index (χ0) is 31.1. The van der Waals surface area contributed by atoms with E-state index in [1.54, 1.807) is 6.92 Å². The first-order chi connectivity index (χ1) is 18.4. The van der Waals surface area contributed by atoms with E-state index in [1.807, 2.05) is 46.8 Å². The summed E-state index contributed by atoms with van der Waals surface area (Å²) in [6, 6.07) is -2.01. The van der Waals surface area contributed by atoms with Gasteiger partial charge in [0.25, 0.3) is 0 Å². The van der Waals surface area contributed by atoms with Crippen LogP contribution in [0.3, 0.4) is 0 Å². The van der Waals surface area contributed by atoms with Gasteiger partial charge in [0.15, 0.2) is 0 Å². The fraction of sp³-hybridized carbons (Fsp3) is 0.704. The normalized spacial score (nSPS) is 15.2. The number of halogens is 3. The lowest BCUT2D eigenvalue weighted by Crippen LogP contribution is -2.55. The number of allylic oxidation sites excluding steroid dienone is 1. The van der Waals surface area contributed by atoms with Gasteiger partial charge in [0.1, 0.15) is 25.3 Å². The third-order valence-electron chi connectivity index (χ3n) is 5.30. The molecule has 4 atom stereocenters. The summed E-state index contributed by atoms with van der Waals surface area (Å²) in [5.41, 5.74) is 0. The van der Waals surface area contributed by atoms with Crippen molar-refractivity contribution in [2.45, 2.75) is 94.4 Å². The Morgan fingerprint density at radius 3 is 2.10 bits per heavy atom. The van der Waals surface area contributed by atoms with Gasteiger partial charge in [-0.05, 0) is 46.5 Å². The van der Waals surface area contributed by atoms with Crippen molar-refractivity contribution < 1.29 is 28.7 Å². The average Bonchev–Trinajstić information content (AvgIpc) is 2.84. The van der Waals surface area contributed by atoms with Gasteiger partial charge in [0.05, 0.1) is 5.92 Å². The standard InChI is InChI=1S/C27H44Cl3N3O6S/c1-9-15-38-25(37)19(5)31-24(36)22(17(2)3)32-23(35)18(4)20(33-40-26(6,7)8)13-11-10-12-14-21(34)39-16-27(28,29)30/h9-11,17-20,22,33H,1,12-16H2,2-8H3,(H,31,36)(H,32,35)/b11-10-/t18-,19+,20+,22+/m0/s1. The molecule has 0 radical (unpaired) electrons. The van der Waals surface area contributed by atoms with Crippen molar-refractivity contribution in [3.63, 3.8) is 0 Å². The Bertz CT molecular complexity index is 875. The molecule has 0 bridgehead atoms. The van der Waals surface area contributed by atoms with Gasteiger partial charge < -0.3 is 20.1 Å². The minimum atomic E-state index is -1.66. The third kappa shape index (κ3) is 18.1. The Labute approximate surface area is 258 Å². The number of carbonyl (C=O) groups is 4. The Morgan fingerprint density at radius 1 is 0.950 bits per heavy atom. The summed E-state index contributed by atoms with van der Waals surface area (Å²) < 4.78 is 11.5. The molecule has 230 valence electrons. The number of alkyl halides is 3. The first kappa shape index (κ1) is 38.5. The zero-order valence-corrected chi connectivity index (χ0v) is 27.4. The summed E-state index contributed by atoms with van der Waals surface area (Å²) in [6.45, 7) is 16.3. The molecular formula is C27H44Cl3N3O6S. The van der Waals surface area contributed by atoms with Crippen molar-refractivity contribution in [1.82, 2.24) is 15.4 Å². The van der Waals surface area contributed by atoms with Gasteiger partial charge in [-0.3, -0.25) is 19.1 Å². The average molecular weight is 645 g/mol. The second kappa shape index (κ2) is 18.9. The van der Waals surface area contributed by atoms with Crippen LogP contribution in [0.15, 0.2) is 24.8 Å². The number of hydrogen-bond donors (Lipinski definition) is 3. The largest absolute Gasteiger partial charge is 0.461 e. The van der Waals surface area contributed by atoms with Crippen molar-refractivity contribution in [3.05, 3.63) is 24.8 Å². The third-order valence-corrected chi connectivity index (χ3v) is 6.67. The molecule has 0 aliphatic carbocycles. The molecule has 9 nitrogen and oxygen atoms in total. The summed E-state index contributed by atoms with van der Waals surface area (Å²) >= 11 is 18.3. The molecule has 0 aromatic carbocycles. The molecule has 0 spiro atoms. The van der Waals surface area contributed by atoms with Gasteiger partial charge in [0.2, 0.25) is 15.6 Å². The van der Waals surface area contributed by atoms with E-state index in [4.69, 9.17) is 44.3 Å². The number of hydrogen-bond acceptors (Lipinski definition) is 8. The van der Waals surface area contributed by atoms with E-state index < -0.39 is 39.6 Å². The number of rotatable bonds is 17. The zero-order valence-electron chi connectivity index (χ0n) is 24.4. The fourth-order valence-electron chi connectivity index (χ4n) is 3.03. The van der Waals surface area contributed by atoms with Gasteiger partial charge in [-0.25, -0.2) is 4.79 Å². The van der Waals surface area contributed by atoms with Crippen LogP contribution in [0.1, 0.15) is 67.7 Å². The summed E-state index contributed by atoms with van der Waals surface area (Å²) in [4.78, 5) is 50.0. The summed E-state index contributed by atoms with van der Waals surface area (Å²) in [5.74, 6) is -2.62. The summed E-state index contributed by atoms with van der Waals surface area (Å²) in [7, 11) is 0. The Hall–Kier alpha value is -1.46. The van der Waals surface area contributed by atoms with Crippen LogP contribution in [-0.2, 0) is 28.7 Å².